The van der Waals surface area contributed by atoms with E-state index in [-0.39, 0.29) is 61.7 Å². The lowest BCUT2D eigenvalue weighted by Gasteiger charge is -2.32. The van der Waals surface area contributed by atoms with Gasteiger partial charge in [0.25, 0.3) is 0 Å². The standard InChI is InChI=1S/C38H65N7O7/c1-22(2)18-27-34(48)39-26(13-14-32(46)44-15-9-10-16-44)33(47)43-30(21-25(7)8)38(52)45-17-11-12-31(45)37(51)42-29(20-24(5)6)36(50)41-28(19-23(3)4)35(49)40-27/h22-31H,9-21H2,1-8H3,(H,39,48)(H,40,49)(H,41,50)(H,42,51)(H,43,47)/t26?,27-,28-,29-,30+,31-/m1/s1. The van der Waals surface area contributed by atoms with Crippen LogP contribution in [0.1, 0.15) is 120 Å². The molecule has 1 unspecified atom stereocenters. The lowest BCUT2D eigenvalue weighted by molar-refractivity contribution is -0.143. The van der Waals surface area contributed by atoms with Gasteiger partial charge in [-0.2, -0.15) is 0 Å². The molecule has 0 aromatic carbocycles. The topological polar surface area (TPSA) is 186 Å². The minimum Gasteiger partial charge on any atom is -0.343 e. The van der Waals surface area contributed by atoms with E-state index in [4.69, 9.17) is 0 Å². The van der Waals surface area contributed by atoms with Crippen molar-refractivity contribution in [3.63, 3.8) is 0 Å². The number of rotatable bonds is 11. The molecule has 0 aliphatic carbocycles. The fourth-order valence-electron chi connectivity index (χ4n) is 7.32. The van der Waals surface area contributed by atoms with Gasteiger partial charge in [-0.15, -0.1) is 0 Å². The fourth-order valence-corrected chi connectivity index (χ4v) is 7.32. The molecule has 0 bridgehead atoms. The second kappa shape index (κ2) is 19.9. The Morgan fingerprint density at radius 1 is 0.538 bits per heavy atom. The van der Waals surface area contributed by atoms with Gasteiger partial charge < -0.3 is 36.4 Å². The van der Waals surface area contributed by atoms with E-state index in [0.717, 1.165) is 12.8 Å². The van der Waals surface area contributed by atoms with E-state index in [0.29, 0.717) is 38.9 Å². The molecule has 294 valence electrons. The molecule has 0 aromatic rings. The van der Waals surface area contributed by atoms with Crippen molar-refractivity contribution < 1.29 is 33.6 Å². The molecule has 14 nitrogen and oxygen atoms in total. The molecule has 3 heterocycles. The van der Waals surface area contributed by atoms with Gasteiger partial charge in [-0.05, 0) is 81.5 Å². The van der Waals surface area contributed by atoms with Gasteiger partial charge in [0.2, 0.25) is 41.4 Å². The molecule has 0 spiro atoms. The Labute approximate surface area is 310 Å². The largest absolute Gasteiger partial charge is 0.343 e. The first-order chi connectivity index (χ1) is 24.5. The number of likely N-dealkylation sites (tertiary alicyclic amines) is 1. The summed E-state index contributed by atoms with van der Waals surface area (Å²) in [4.78, 5) is 100. The minimum atomic E-state index is -1.17. The summed E-state index contributed by atoms with van der Waals surface area (Å²) in [5.74, 6) is -3.26. The van der Waals surface area contributed by atoms with E-state index in [2.05, 4.69) is 26.6 Å². The number of carbonyl (C=O) groups is 7. The SMILES string of the molecule is CC(C)C[C@@H]1NC(=O)C(CCC(=O)N2CCCC2)NC(=O)[C@@H](CC(C)C)NC(=O)[C@@H](CC(C)C)NC(=O)[C@@H](CC(C)C)NC(=O)[C@H]2CCCN2C1=O. The maximum atomic E-state index is 14.2. The van der Waals surface area contributed by atoms with Crippen molar-refractivity contribution in [2.24, 2.45) is 23.7 Å². The maximum absolute atomic E-state index is 14.2. The number of nitrogens with zero attached hydrogens (tertiary/aromatic N) is 2. The highest BCUT2D eigenvalue weighted by Gasteiger charge is 2.41. The molecular formula is C38H65N7O7. The summed E-state index contributed by atoms with van der Waals surface area (Å²) in [6.45, 7) is 17.0. The summed E-state index contributed by atoms with van der Waals surface area (Å²) in [7, 11) is 0. The molecule has 3 aliphatic heterocycles. The summed E-state index contributed by atoms with van der Waals surface area (Å²) in [6.07, 6.45) is 3.90. The van der Waals surface area contributed by atoms with Gasteiger partial charge >= 0.3 is 0 Å². The Hall–Kier alpha value is -3.71. The Morgan fingerprint density at radius 2 is 0.923 bits per heavy atom. The number of fused-ring (bicyclic) bond motifs is 1. The average molecular weight is 732 g/mol. The summed E-state index contributed by atoms with van der Waals surface area (Å²) in [6, 6.07) is -6.03. The number of hydrogen-bond acceptors (Lipinski definition) is 7. The van der Waals surface area contributed by atoms with Crippen LogP contribution in [0.4, 0.5) is 0 Å². The third-order valence-electron chi connectivity index (χ3n) is 9.92. The summed E-state index contributed by atoms with van der Waals surface area (Å²) in [5, 5.41) is 14.3. The van der Waals surface area contributed by atoms with E-state index < -0.39 is 71.7 Å². The van der Waals surface area contributed by atoms with Crippen LogP contribution < -0.4 is 26.6 Å². The van der Waals surface area contributed by atoms with Crippen molar-refractivity contribution in [3.05, 3.63) is 0 Å². The van der Waals surface area contributed by atoms with Crippen LogP contribution in [0.5, 0.6) is 0 Å². The monoisotopic (exact) mass is 731 g/mol. The molecule has 52 heavy (non-hydrogen) atoms. The normalized spacial score (nSPS) is 27.3. The number of hydrogen-bond donors (Lipinski definition) is 5. The first kappa shape index (κ1) is 42.7. The highest BCUT2D eigenvalue weighted by Crippen LogP contribution is 2.22. The van der Waals surface area contributed by atoms with Crippen LogP contribution in [0, 0.1) is 23.7 Å². The number of carbonyl (C=O) groups excluding carboxylic acids is 7. The third kappa shape index (κ3) is 12.8. The van der Waals surface area contributed by atoms with Crippen molar-refractivity contribution in [3.8, 4) is 0 Å². The first-order valence-electron chi connectivity index (χ1n) is 19.6. The second-order valence-corrected chi connectivity index (χ2v) is 16.6. The predicted molar refractivity (Wildman–Crippen MR) is 197 cm³/mol. The smallest absolute Gasteiger partial charge is 0.245 e. The number of amides is 7. The van der Waals surface area contributed by atoms with Crippen LogP contribution in [0.2, 0.25) is 0 Å². The molecule has 0 radical (unpaired) electrons. The molecule has 0 aromatic heterocycles. The highest BCUT2D eigenvalue weighted by atomic mass is 16.2. The Bertz CT molecular complexity index is 1280. The molecule has 3 aliphatic rings. The van der Waals surface area contributed by atoms with Crippen LogP contribution in [0.25, 0.3) is 0 Å². The Kier molecular flexibility index (Phi) is 16.4. The number of nitrogens with one attached hydrogen (secondary N) is 5. The first-order valence-corrected chi connectivity index (χ1v) is 19.6. The second-order valence-electron chi connectivity index (χ2n) is 16.6. The summed E-state index contributed by atoms with van der Waals surface area (Å²) >= 11 is 0. The van der Waals surface area contributed by atoms with Crippen molar-refractivity contribution >= 4 is 41.4 Å². The quantitative estimate of drug-likeness (QED) is 0.215. The van der Waals surface area contributed by atoms with Crippen LogP contribution in [-0.2, 0) is 33.6 Å². The van der Waals surface area contributed by atoms with E-state index in [1.807, 2.05) is 55.4 Å². The molecule has 5 N–H and O–H groups in total. The van der Waals surface area contributed by atoms with E-state index in [9.17, 15) is 33.6 Å². The molecular weight excluding hydrogens is 666 g/mol. The van der Waals surface area contributed by atoms with E-state index >= 15 is 0 Å². The molecule has 6 atom stereocenters. The van der Waals surface area contributed by atoms with Gasteiger partial charge in [-0.3, -0.25) is 33.6 Å². The van der Waals surface area contributed by atoms with Crippen molar-refractivity contribution in [1.29, 1.82) is 0 Å². The van der Waals surface area contributed by atoms with E-state index in [1.165, 1.54) is 4.90 Å². The Balaban J connectivity index is 2.06. The van der Waals surface area contributed by atoms with Gasteiger partial charge in [-0.25, -0.2) is 0 Å². The predicted octanol–water partition coefficient (Wildman–Crippen LogP) is 2.00. The zero-order valence-electron chi connectivity index (χ0n) is 32.7. The van der Waals surface area contributed by atoms with Gasteiger partial charge in [0, 0.05) is 26.1 Å². The van der Waals surface area contributed by atoms with Crippen LogP contribution >= 0.6 is 0 Å². The lowest BCUT2D eigenvalue weighted by Crippen LogP contribution is -2.61. The van der Waals surface area contributed by atoms with Crippen molar-refractivity contribution in [2.75, 3.05) is 19.6 Å². The minimum absolute atomic E-state index is 0.00230. The lowest BCUT2D eigenvalue weighted by atomic mass is 9.98. The van der Waals surface area contributed by atoms with Crippen molar-refractivity contribution in [1.82, 2.24) is 36.4 Å². The molecule has 3 fully saturated rings. The van der Waals surface area contributed by atoms with Crippen molar-refractivity contribution in [2.45, 2.75) is 156 Å². The Morgan fingerprint density at radius 3 is 1.38 bits per heavy atom. The molecule has 7 amide bonds. The van der Waals surface area contributed by atoms with Crippen LogP contribution in [0.3, 0.4) is 0 Å². The average Bonchev–Trinajstić information content (AvgIpc) is 3.77. The van der Waals surface area contributed by atoms with Crippen LogP contribution in [-0.4, -0.2) is 107 Å². The van der Waals surface area contributed by atoms with E-state index in [1.54, 1.807) is 4.90 Å². The zero-order chi connectivity index (χ0) is 38.7. The van der Waals surface area contributed by atoms with Gasteiger partial charge in [0.1, 0.15) is 36.3 Å². The van der Waals surface area contributed by atoms with Gasteiger partial charge in [0.05, 0.1) is 0 Å². The molecule has 14 heteroatoms. The van der Waals surface area contributed by atoms with Gasteiger partial charge in [-0.1, -0.05) is 55.4 Å². The van der Waals surface area contributed by atoms with Gasteiger partial charge in [0.15, 0.2) is 0 Å². The molecule has 3 rings (SSSR count). The zero-order valence-corrected chi connectivity index (χ0v) is 32.7. The van der Waals surface area contributed by atoms with Crippen LogP contribution in [0.15, 0.2) is 0 Å². The third-order valence-corrected chi connectivity index (χ3v) is 9.92. The molecule has 3 saturated heterocycles. The molecule has 0 saturated carbocycles. The fraction of sp³-hybridized carbons (Fsp3) is 0.816. The maximum Gasteiger partial charge on any atom is 0.245 e. The highest BCUT2D eigenvalue weighted by molar-refractivity contribution is 5.98. The summed E-state index contributed by atoms with van der Waals surface area (Å²) < 4.78 is 0. The summed E-state index contributed by atoms with van der Waals surface area (Å²) in [5.41, 5.74) is 0.